The van der Waals surface area contributed by atoms with Crippen LogP contribution in [0.2, 0.25) is 18.6 Å². The van der Waals surface area contributed by atoms with Gasteiger partial charge in [0.2, 0.25) is 11.6 Å². The summed E-state index contributed by atoms with van der Waals surface area (Å²) >= 11 is 0. The molecule has 0 aliphatic carbocycles. The summed E-state index contributed by atoms with van der Waals surface area (Å²) in [4.78, 5) is 24.9. The van der Waals surface area contributed by atoms with Crippen molar-refractivity contribution in [2.75, 3.05) is 13.7 Å². The third kappa shape index (κ3) is 3.33. The highest BCUT2D eigenvalue weighted by molar-refractivity contribution is 6.78. The maximum atomic E-state index is 12.7. The normalized spacial score (nSPS) is 21.3. The second-order valence-electron chi connectivity index (χ2n) is 6.94. The fourth-order valence-electron chi connectivity index (χ4n) is 2.61. The van der Waals surface area contributed by atoms with Crippen molar-refractivity contribution < 1.29 is 14.3 Å². The van der Waals surface area contributed by atoms with Crippen LogP contribution in [0.15, 0.2) is 30.3 Å². The van der Waals surface area contributed by atoms with Gasteiger partial charge in [-0.1, -0.05) is 57.3 Å². The molecular weight excluding hydrogens is 308 g/mol. The van der Waals surface area contributed by atoms with Crippen LogP contribution in [0.4, 0.5) is 0 Å². The number of hydrogen-bond acceptors (Lipinski definition) is 3. The molecule has 0 aromatic heterocycles. The van der Waals surface area contributed by atoms with Gasteiger partial charge in [0, 0.05) is 7.11 Å². The van der Waals surface area contributed by atoms with Crippen molar-refractivity contribution in [1.29, 1.82) is 0 Å². The smallest absolute Gasteiger partial charge is 0.270 e. The minimum Gasteiger partial charge on any atom is -0.360 e. The molecule has 1 unspecified atom stereocenters. The van der Waals surface area contributed by atoms with Crippen LogP contribution in [0.3, 0.4) is 0 Å². The monoisotopic (exact) mass is 334 g/mol. The number of benzene rings is 1. The number of amides is 2. The number of carbonyl (C=O) groups excluding carboxylic acids is 2. The standard InChI is InChI=1S/C17H26N2O3Si/c1-13(2)23(4,5)19-12-17(22-3,16(19)21)18-15(20)11-14-9-7-6-8-10-14/h6-10,13H,11-12H2,1-5H3,(H,18,20). The Morgan fingerprint density at radius 2 is 1.96 bits per heavy atom. The van der Waals surface area contributed by atoms with E-state index in [2.05, 4.69) is 32.3 Å². The van der Waals surface area contributed by atoms with Gasteiger partial charge in [0.05, 0.1) is 13.0 Å². The zero-order valence-electron chi connectivity index (χ0n) is 14.6. The maximum Gasteiger partial charge on any atom is 0.270 e. The van der Waals surface area contributed by atoms with Crippen molar-refractivity contribution in [1.82, 2.24) is 9.88 Å². The molecular formula is C17H26N2O3Si. The third-order valence-electron chi connectivity index (χ3n) is 4.98. The van der Waals surface area contributed by atoms with Crippen LogP contribution in [0.1, 0.15) is 19.4 Å². The molecule has 1 saturated heterocycles. The number of methoxy groups -OCH3 is 1. The molecule has 1 aliphatic heterocycles. The van der Waals surface area contributed by atoms with Gasteiger partial charge < -0.3 is 14.6 Å². The van der Waals surface area contributed by atoms with E-state index in [0.29, 0.717) is 12.1 Å². The van der Waals surface area contributed by atoms with Crippen LogP contribution >= 0.6 is 0 Å². The highest BCUT2D eigenvalue weighted by Crippen LogP contribution is 2.34. The first-order valence-corrected chi connectivity index (χ1v) is 11.0. The van der Waals surface area contributed by atoms with Crippen molar-refractivity contribution in [3.8, 4) is 0 Å². The van der Waals surface area contributed by atoms with E-state index in [9.17, 15) is 9.59 Å². The molecule has 5 nitrogen and oxygen atoms in total. The lowest BCUT2D eigenvalue weighted by Gasteiger charge is -2.55. The van der Waals surface area contributed by atoms with Crippen LogP contribution in [0.25, 0.3) is 0 Å². The summed E-state index contributed by atoms with van der Waals surface area (Å²) in [5, 5.41) is 2.79. The largest absolute Gasteiger partial charge is 0.360 e. The van der Waals surface area contributed by atoms with Gasteiger partial charge in [0.25, 0.3) is 5.91 Å². The Kier molecular flexibility index (Phi) is 4.96. The summed E-state index contributed by atoms with van der Waals surface area (Å²) in [5.74, 6) is -0.318. The number of β-lactam (4-membered cyclic amide) rings is 1. The summed E-state index contributed by atoms with van der Waals surface area (Å²) in [6, 6.07) is 9.47. The summed E-state index contributed by atoms with van der Waals surface area (Å²) < 4.78 is 7.31. The van der Waals surface area contributed by atoms with Gasteiger partial charge >= 0.3 is 0 Å². The molecule has 6 heteroatoms. The van der Waals surface area contributed by atoms with Crippen molar-refractivity contribution in [3.63, 3.8) is 0 Å². The molecule has 23 heavy (non-hydrogen) atoms. The molecule has 1 N–H and O–H groups in total. The summed E-state index contributed by atoms with van der Waals surface area (Å²) in [5.41, 5.74) is 0.170. The first-order valence-electron chi connectivity index (χ1n) is 7.95. The Balaban J connectivity index is 2.04. The van der Waals surface area contributed by atoms with E-state index in [1.54, 1.807) is 0 Å². The van der Waals surface area contributed by atoms with Gasteiger partial charge in [-0.3, -0.25) is 9.59 Å². The number of carbonyl (C=O) groups is 2. The van der Waals surface area contributed by atoms with E-state index < -0.39 is 14.0 Å². The van der Waals surface area contributed by atoms with Gasteiger partial charge in [0.1, 0.15) is 0 Å². The number of nitrogens with zero attached hydrogens (tertiary/aromatic N) is 1. The SMILES string of the molecule is COC1(NC(=O)Cc2ccccc2)CN([Si](C)(C)C(C)C)C1=O. The zero-order valence-corrected chi connectivity index (χ0v) is 15.6. The average molecular weight is 334 g/mol. The molecule has 0 spiro atoms. The maximum absolute atomic E-state index is 12.7. The predicted octanol–water partition coefficient (Wildman–Crippen LogP) is 2.15. The quantitative estimate of drug-likeness (QED) is 0.493. The Morgan fingerprint density at radius 3 is 2.43 bits per heavy atom. The second-order valence-corrected chi connectivity index (χ2v) is 11.9. The van der Waals surface area contributed by atoms with E-state index in [1.165, 1.54) is 7.11 Å². The summed E-state index contributed by atoms with van der Waals surface area (Å²) in [6.07, 6.45) is 0.240. The van der Waals surface area contributed by atoms with E-state index in [4.69, 9.17) is 4.74 Å². The summed E-state index contributed by atoms with van der Waals surface area (Å²) in [7, 11) is -0.364. The van der Waals surface area contributed by atoms with Crippen LogP contribution in [0, 0.1) is 0 Å². The third-order valence-corrected chi connectivity index (χ3v) is 9.56. The van der Waals surface area contributed by atoms with Gasteiger partial charge in [-0.25, -0.2) is 0 Å². The number of ether oxygens (including phenoxy) is 1. The highest BCUT2D eigenvalue weighted by Gasteiger charge is 2.58. The van der Waals surface area contributed by atoms with Gasteiger partial charge in [-0.2, -0.15) is 0 Å². The molecule has 2 amide bonds. The minimum atomic E-state index is -1.84. The summed E-state index contributed by atoms with van der Waals surface area (Å²) in [6.45, 7) is 9.04. The minimum absolute atomic E-state index is 0.119. The zero-order chi connectivity index (χ0) is 17.3. The predicted molar refractivity (Wildman–Crippen MR) is 92.3 cm³/mol. The van der Waals surface area contributed by atoms with Crippen LogP contribution in [0.5, 0.6) is 0 Å². The van der Waals surface area contributed by atoms with E-state index in [0.717, 1.165) is 5.56 Å². The first kappa shape index (κ1) is 17.7. The molecule has 1 aromatic carbocycles. The Bertz CT molecular complexity index is 589. The van der Waals surface area contributed by atoms with Crippen molar-refractivity contribution in [2.45, 2.75) is 44.6 Å². The molecule has 1 aromatic rings. The molecule has 1 atom stereocenters. The molecule has 1 aliphatic rings. The Hall–Kier alpha value is -1.66. The van der Waals surface area contributed by atoms with E-state index in [1.807, 2.05) is 34.9 Å². The van der Waals surface area contributed by atoms with Crippen LogP contribution < -0.4 is 5.32 Å². The topological polar surface area (TPSA) is 58.6 Å². The number of hydrogen-bond donors (Lipinski definition) is 1. The van der Waals surface area contributed by atoms with Crippen molar-refractivity contribution >= 4 is 20.0 Å². The van der Waals surface area contributed by atoms with Crippen LogP contribution in [-0.4, -0.2) is 44.0 Å². The van der Waals surface area contributed by atoms with Gasteiger partial charge in [-0.05, 0) is 11.1 Å². The molecule has 126 valence electrons. The molecule has 2 rings (SSSR count). The molecule has 0 bridgehead atoms. The lowest BCUT2D eigenvalue weighted by atomic mass is 10.1. The van der Waals surface area contributed by atoms with Gasteiger partial charge in [0.15, 0.2) is 8.24 Å². The average Bonchev–Trinajstić information content (AvgIpc) is 2.51. The molecule has 0 saturated carbocycles. The van der Waals surface area contributed by atoms with Gasteiger partial charge in [-0.15, -0.1) is 0 Å². The molecule has 1 heterocycles. The fourth-order valence-corrected chi connectivity index (χ4v) is 4.57. The second kappa shape index (κ2) is 6.45. The number of nitrogens with one attached hydrogen (secondary N) is 1. The van der Waals surface area contributed by atoms with Crippen LogP contribution in [-0.2, 0) is 20.7 Å². The van der Waals surface area contributed by atoms with Crippen molar-refractivity contribution in [3.05, 3.63) is 35.9 Å². The first-order chi connectivity index (χ1) is 10.7. The van der Waals surface area contributed by atoms with E-state index >= 15 is 0 Å². The number of rotatable bonds is 6. The highest BCUT2D eigenvalue weighted by atomic mass is 28.3. The molecule has 0 radical (unpaired) electrons. The Labute approximate surface area is 139 Å². The molecule has 1 fully saturated rings. The fraction of sp³-hybridized carbons (Fsp3) is 0.529. The van der Waals surface area contributed by atoms with Crippen molar-refractivity contribution in [2.24, 2.45) is 0 Å². The Morgan fingerprint density at radius 1 is 1.35 bits per heavy atom. The lowest BCUT2D eigenvalue weighted by Crippen LogP contribution is -2.80. The van der Waals surface area contributed by atoms with E-state index in [-0.39, 0.29) is 18.2 Å². The lowest BCUT2D eigenvalue weighted by molar-refractivity contribution is -0.181.